The summed E-state index contributed by atoms with van der Waals surface area (Å²) in [6, 6.07) is 28.8. The van der Waals surface area contributed by atoms with Gasteiger partial charge in [-0.2, -0.15) is 0 Å². The largest absolute Gasteiger partial charge is 0.366 e. The van der Waals surface area contributed by atoms with Gasteiger partial charge in [-0.05, 0) is 55.3 Å². The van der Waals surface area contributed by atoms with Crippen molar-refractivity contribution in [3.05, 3.63) is 114 Å². The Morgan fingerprint density at radius 3 is 2.33 bits per heavy atom. The van der Waals surface area contributed by atoms with Gasteiger partial charge in [-0.1, -0.05) is 71.8 Å². The van der Waals surface area contributed by atoms with Gasteiger partial charge < -0.3 is 5.32 Å². The number of rotatable bonds is 7. The van der Waals surface area contributed by atoms with Crippen LogP contribution < -0.4 is 5.32 Å². The molecule has 0 amide bonds. The molecule has 5 nitrogen and oxygen atoms in total. The van der Waals surface area contributed by atoms with Gasteiger partial charge in [0.05, 0.1) is 15.5 Å². The third-order valence-electron chi connectivity index (χ3n) is 5.80. The zero-order valence-corrected chi connectivity index (χ0v) is 21.6. The molecule has 0 aliphatic carbocycles. The molecule has 5 aromatic rings. The number of hydrogen-bond acceptors (Lipinski definition) is 6. The van der Waals surface area contributed by atoms with Crippen LogP contribution in [0.1, 0.15) is 16.7 Å². The van der Waals surface area contributed by atoms with Gasteiger partial charge in [-0.3, -0.25) is 0 Å². The lowest BCUT2D eigenvalue weighted by atomic mass is 10.1. The summed E-state index contributed by atoms with van der Waals surface area (Å²) in [6.45, 7) is 4.58. The Hall–Kier alpha value is -3.81. The zero-order chi connectivity index (χ0) is 25.1. The Morgan fingerprint density at radius 1 is 0.806 bits per heavy atom. The minimum absolute atomic E-state index is 0.0773. The van der Waals surface area contributed by atoms with E-state index in [2.05, 4.69) is 27.4 Å². The molecule has 2 heterocycles. The van der Waals surface area contributed by atoms with Crippen molar-refractivity contribution in [1.29, 1.82) is 0 Å². The molecule has 2 aromatic heterocycles. The first kappa shape index (κ1) is 23.9. The van der Waals surface area contributed by atoms with Crippen molar-refractivity contribution in [3.8, 4) is 21.7 Å². The van der Waals surface area contributed by atoms with Gasteiger partial charge in [0.2, 0.25) is 14.2 Å². The fraction of sp³-hybridized carbons (Fsp3) is 0.103. The van der Waals surface area contributed by atoms with Gasteiger partial charge in [0.15, 0.2) is 0 Å². The van der Waals surface area contributed by atoms with Crippen molar-refractivity contribution < 1.29 is 8.42 Å². The molecule has 0 unspecified atom stereocenters. The topological polar surface area (TPSA) is 72.0 Å². The third-order valence-corrected chi connectivity index (χ3v) is 9.05. The van der Waals surface area contributed by atoms with Crippen LogP contribution in [0.4, 0.5) is 5.82 Å². The van der Waals surface area contributed by atoms with Gasteiger partial charge in [-0.15, -0.1) is 11.3 Å². The van der Waals surface area contributed by atoms with Crippen LogP contribution in [0.3, 0.4) is 0 Å². The maximum atomic E-state index is 13.5. The summed E-state index contributed by atoms with van der Waals surface area (Å²) in [6.07, 6.45) is 1.73. The van der Waals surface area contributed by atoms with E-state index < -0.39 is 9.84 Å². The molecule has 0 atom stereocenters. The van der Waals surface area contributed by atoms with E-state index in [1.54, 1.807) is 30.5 Å². The second kappa shape index (κ2) is 10.0. The normalized spacial score (nSPS) is 11.4. The highest BCUT2D eigenvalue weighted by molar-refractivity contribution is 7.93. The van der Waals surface area contributed by atoms with Crippen LogP contribution in [0.15, 0.2) is 106 Å². The monoisotopic (exact) mass is 511 g/mol. The molecular formula is C29H25N3O2S2. The standard InChI is InChI=1S/C29H25N3O2S2/c1-20-11-13-25(14-12-20)36(33,34)29-32-27(23-10-6-7-21(2)17-23)28(35-29)24-15-16-30-26(18-24)31-19-22-8-4-3-5-9-22/h3-18H,19H2,1-2H3,(H,30,31). The number of hydrogen-bond donors (Lipinski definition) is 1. The number of thiazole rings is 1. The predicted molar refractivity (Wildman–Crippen MR) is 146 cm³/mol. The molecule has 0 aliphatic heterocycles. The Kier molecular flexibility index (Phi) is 6.67. The lowest BCUT2D eigenvalue weighted by Crippen LogP contribution is -2.01. The van der Waals surface area contributed by atoms with Crippen molar-refractivity contribution in [1.82, 2.24) is 9.97 Å². The summed E-state index contributed by atoms with van der Waals surface area (Å²) in [5.74, 6) is 0.711. The number of aryl methyl sites for hydroxylation is 2. The second-order valence-corrected chi connectivity index (χ2v) is 11.7. The molecule has 0 saturated carbocycles. The van der Waals surface area contributed by atoms with Crippen LogP contribution >= 0.6 is 11.3 Å². The van der Waals surface area contributed by atoms with Gasteiger partial charge in [-0.25, -0.2) is 18.4 Å². The molecule has 0 aliphatic rings. The van der Waals surface area contributed by atoms with Gasteiger partial charge in [0, 0.05) is 18.3 Å². The number of aromatic nitrogens is 2. The van der Waals surface area contributed by atoms with Gasteiger partial charge >= 0.3 is 0 Å². The number of pyridine rings is 1. The minimum Gasteiger partial charge on any atom is -0.366 e. The van der Waals surface area contributed by atoms with E-state index in [0.717, 1.165) is 32.7 Å². The van der Waals surface area contributed by atoms with E-state index in [1.165, 1.54) is 11.3 Å². The Bertz CT molecular complexity index is 1610. The lowest BCUT2D eigenvalue weighted by Gasteiger charge is -2.08. The SMILES string of the molecule is Cc1ccc(S(=O)(=O)c2nc(-c3cccc(C)c3)c(-c3ccnc(NCc4ccccc4)c3)s2)cc1. The van der Waals surface area contributed by atoms with E-state index in [9.17, 15) is 8.42 Å². The zero-order valence-electron chi connectivity index (χ0n) is 20.0. The van der Waals surface area contributed by atoms with Crippen molar-refractivity contribution in [3.63, 3.8) is 0 Å². The fourth-order valence-corrected chi connectivity index (χ4v) is 6.58. The number of nitrogens with one attached hydrogen (secondary N) is 1. The minimum atomic E-state index is -3.76. The molecule has 7 heteroatoms. The summed E-state index contributed by atoms with van der Waals surface area (Å²) in [7, 11) is -3.76. The van der Waals surface area contributed by atoms with Crippen LogP contribution in [0.25, 0.3) is 21.7 Å². The maximum Gasteiger partial charge on any atom is 0.233 e. The van der Waals surface area contributed by atoms with Crippen molar-refractivity contribution in [2.45, 2.75) is 29.6 Å². The molecule has 0 fully saturated rings. The first-order chi connectivity index (χ1) is 17.4. The van der Waals surface area contributed by atoms with Crippen molar-refractivity contribution >= 4 is 27.0 Å². The third kappa shape index (κ3) is 5.08. The van der Waals surface area contributed by atoms with E-state index in [4.69, 9.17) is 0 Å². The van der Waals surface area contributed by atoms with E-state index >= 15 is 0 Å². The van der Waals surface area contributed by atoms with Crippen molar-refractivity contribution in [2.75, 3.05) is 5.32 Å². The van der Waals surface area contributed by atoms with E-state index in [-0.39, 0.29) is 9.24 Å². The summed E-state index contributed by atoms with van der Waals surface area (Å²) in [5.41, 5.74) is 5.61. The number of sulfone groups is 1. The number of benzene rings is 3. The van der Waals surface area contributed by atoms with Crippen LogP contribution in [0.2, 0.25) is 0 Å². The summed E-state index contributed by atoms with van der Waals surface area (Å²) in [5, 5.41) is 3.36. The smallest absolute Gasteiger partial charge is 0.233 e. The predicted octanol–water partition coefficient (Wildman–Crippen LogP) is 6.93. The summed E-state index contributed by atoms with van der Waals surface area (Å²) in [4.78, 5) is 10.2. The van der Waals surface area contributed by atoms with Crippen LogP contribution in [-0.4, -0.2) is 18.4 Å². The van der Waals surface area contributed by atoms with Crippen LogP contribution in [0, 0.1) is 13.8 Å². The number of nitrogens with zero attached hydrogens (tertiary/aromatic N) is 2. The quantitative estimate of drug-likeness (QED) is 0.256. The first-order valence-electron chi connectivity index (χ1n) is 11.5. The Labute approximate surface area is 215 Å². The average molecular weight is 512 g/mol. The highest BCUT2D eigenvalue weighted by Gasteiger charge is 2.26. The average Bonchev–Trinajstić information content (AvgIpc) is 3.35. The molecule has 5 rings (SSSR count). The maximum absolute atomic E-state index is 13.5. The first-order valence-corrected chi connectivity index (χ1v) is 13.8. The van der Waals surface area contributed by atoms with Crippen LogP contribution in [-0.2, 0) is 16.4 Å². The molecule has 3 aromatic carbocycles. The van der Waals surface area contributed by atoms with E-state index in [1.807, 2.05) is 68.4 Å². The van der Waals surface area contributed by atoms with Gasteiger partial charge in [0.1, 0.15) is 5.82 Å². The molecule has 0 spiro atoms. The summed E-state index contributed by atoms with van der Waals surface area (Å²) >= 11 is 1.19. The summed E-state index contributed by atoms with van der Waals surface area (Å²) < 4.78 is 27.1. The van der Waals surface area contributed by atoms with E-state index in [0.29, 0.717) is 18.1 Å². The molecule has 0 bridgehead atoms. The highest BCUT2D eigenvalue weighted by atomic mass is 32.2. The lowest BCUT2D eigenvalue weighted by molar-refractivity contribution is 0.595. The van der Waals surface area contributed by atoms with Gasteiger partial charge in [0.25, 0.3) is 0 Å². The number of anilines is 1. The molecule has 1 N–H and O–H groups in total. The van der Waals surface area contributed by atoms with Crippen LogP contribution in [0.5, 0.6) is 0 Å². The molecule has 0 radical (unpaired) electrons. The Morgan fingerprint density at radius 2 is 1.58 bits per heavy atom. The fourth-order valence-electron chi connectivity index (χ4n) is 3.87. The van der Waals surface area contributed by atoms with Crippen molar-refractivity contribution in [2.24, 2.45) is 0 Å². The molecular weight excluding hydrogens is 486 g/mol. The molecule has 180 valence electrons. The second-order valence-electron chi connectivity index (χ2n) is 8.61. The molecule has 36 heavy (non-hydrogen) atoms. The Balaban J connectivity index is 1.57. The molecule has 0 saturated heterocycles. The highest BCUT2D eigenvalue weighted by Crippen LogP contribution is 2.40.